The molecule has 0 aliphatic rings. The number of hydrogen-bond acceptors (Lipinski definition) is 7. The van der Waals surface area contributed by atoms with E-state index in [0.29, 0.717) is 0 Å². The summed E-state index contributed by atoms with van der Waals surface area (Å²) in [5, 5.41) is 11.2. The third kappa shape index (κ3) is 6.45. The molecule has 2 aromatic rings. The number of nitrogens with one attached hydrogen (secondary N) is 1. The van der Waals surface area contributed by atoms with Crippen molar-refractivity contribution in [3.05, 3.63) is 68.8 Å². The zero-order valence-electron chi connectivity index (χ0n) is 19.2. The molecule has 0 aromatic heterocycles. The molecule has 33 heavy (non-hydrogen) atoms. The minimum Gasteiger partial charge on any atom is -0.469 e. The Bertz CT molecular complexity index is 1150. The van der Waals surface area contributed by atoms with E-state index in [1.807, 2.05) is 32.9 Å². The summed E-state index contributed by atoms with van der Waals surface area (Å²) in [7, 11) is -3.12. The van der Waals surface area contributed by atoms with Crippen LogP contribution in [0.5, 0.6) is 0 Å². The van der Waals surface area contributed by atoms with Gasteiger partial charge in [0.2, 0.25) is 10.0 Å². The molecule has 0 spiro atoms. The highest BCUT2D eigenvalue weighted by atomic mass is 32.2. The summed E-state index contributed by atoms with van der Waals surface area (Å²) < 4.78 is 32.5. The number of methoxy groups -OCH3 is 1. The second kappa shape index (κ2) is 10.7. The number of ether oxygens (including phenoxy) is 1. The fourth-order valence-corrected chi connectivity index (χ4v) is 5.20. The molecule has 0 saturated carbocycles. The van der Waals surface area contributed by atoms with E-state index in [4.69, 9.17) is 4.74 Å². The van der Waals surface area contributed by atoms with Crippen molar-refractivity contribution in [1.82, 2.24) is 4.72 Å². The van der Waals surface area contributed by atoms with Gasteiger partial charge in [0.05, 0.1) is 24.0 Å². The van der Waals surface area contributed by atoms with Crippen molar-refractivity contribution < 1.29 is 27.7 Å². The van der Waals surface area contributed by atoms with E-state index in [1.54, 1.807) is 0 Å². The molecule has 10 heteroatoms. The average Bonchev–Trinajstić information content (AvgIpc) is 2.74. The van der Waals surface area contributed by atoms with Crippen LogP contribution in [0.25, 0.3) is 0 Å². The van der Waals surface area contributed by atoms with Gasteiger partial charge in [0.1, 0.15) is 0 Å². The summed E-state index contributed by atoms with van der Waals surface area (Å²) in [6.45, 7) is 7.16. The predicted molar refractivity (Wildman–Crippen MR) is 122 cm³/mol. The number of benzene rings is 2. The molecule has 1 N–H and O–H groups in total. The number of sulfonamides is 1. The van der Waals surface area contributed by atoms with Crippen LogP contribution in [-0.2, 0) is 30.8 Å². The Morgan fingerprint density at radius 3 is 2.24 bits per heavy atom. The first-order valence-corrected chi connectivity index (χ1v) is 11.8. The molecule has 2 atom stereocenters. The highest BCUT2D eigenvalue weighted by Gasteiger charge is 2.31. The number of carbonyl (C=O) groups excluding carboxylic acids is 2. The Hall–Kier alpha value is -3.11. The molecule has 0 saturated heterocycles. The molecule has 0 aliphatic heterocycles. The summed E-state index contributed by atoms with van der Waals surface area (Å²) in [5.41, 5.74) is 3.38. The van der Waals surface area contributed by atoms with Crippen LogP contribution < -0.4 is 4.72 Å². The van der Waals surface area contributed by atoms with Crippen molar-refractivity contribution in [2.75, 3.05) is 7.11 Å². The largest absolute Gasteiger partial charge is 0.469 e. The number of carbonyl (C=O) groups is 2. The maximum atomic E-state index is 12.8. The standard InChI is InChI=1S/C23H28N2O7S/c1-14-10-15(2)19(16(3)11-14)12-18(23(27)32-5)13-21(26)17(4)24-33(30,31)22-9-7-6-8-20(22)25(28)29/h6-11,17-18,24H,12-13H2,1-5H3/t17-,18+/m0/s1. The molecular weight excluding hydrogens is 448 g/mol. The number of hydrogen-bond donors (Lipinski definition) is 1. The summed E-state index contributed by atoms with van der Waals surface area (Å²) >= 11 is 0. The fourth-order valence-electron chi connectivity index (χ4n) is 3.80. The Labute approximate surface area is 193 Å². The molecule has 178 valence electrons. The summed E-state index contributed by atoms with van der Waals surface area (Å²) in [6, 6.07) is 7.64. The molecule has 0 fully saturated rings. The van der Waals surface area contributed by atoms with Crippen LogP contribution >= 0.6 is 0 Å². The maximum Gasteiger partial charge on any atom is 0.309 e. The van der Waals surface area contributed by atoms with Crippen molar-refractivity contribution >= 4 is 27.5 Å². The first kappa shape index (κ1) is 26.1. The molecule has 0 heterocycles. The molecule has 0 radical (unpaired) electrons. The predicted octanol–water partition coefficient (Wildman–Crippen LogP) is 3.18. The molecule has 9 nitrogen and oxygen atoms in total. The van der Waals surface area contributed by atoms with Crippen molar-refractivity contribution in [3.63, 3.8) is 0 Å². The quantitative estimate of drug-likeness (QED) is 0.316. The van der Waals surface area contributed by atoms with Gasteiger partial charge in [0, 0.05) is 12.5 Å². The van der Waals surface area contributed by atoms with Gasteiger partial charge in [-0.2, -0.15) is 0 Å². The molecule has 0 aliphatic carbocycles. The third-order valence-corrected chi connectivity index (χ3v) is 7.03. The van der Waals surface area contributed by atoms with E-state index >= 15 is 0 Å². The van der Waals surface area contributed by atoms with Gasteiger partial charge < -0.3 is 4.74 Å². The molecule has 0 amide bonds. The van der Waals surface area contributed by atoms with Crippen LogP contribution in [0, 0.1) is 36.8 Å². The lowest BCUT2D eigenvalue weighted by Crippen LogP contribution is -2.40. The topological polar surface area (TPSA) is 133 Å². The van der Waals surface area contributed by atoms with Gasteiger partial charge in [-0.3, -0.25) is 19.7 Å². The van der Waals surface area contributed by atoms with E-state index < -0.39 is 49.2 Å². The minimum atomic E-state index is -4.35. The number of esters is 1. The maximum absolute atomic E-state index is 12.8. The van der Waals surface area contributed by atoms with Gasteiger partial charge in [-0.15, -0.1) is 0 Å². The van der Waals surface area contributed by atoms with Crippen molar-refractivity contribution in [2.24, 2.45) is 5.92 Å². The van der Waals surface area contributed by atoms with E-state index in [-0.39, 0.29) is 12.8 Å². The van der Waals surface area contributed by atoms with Gasteiger partial charge >= 0.3 is 5.97 Å². The Morgan fingerprint density at radius 1 is 1.12 bits per heavy atom. The van der Waals surface area contributed by atoms with Crippen LogP contribution in [0.2, 0.25) is 0 Å². The van der Waals surface area contributed by atoms with E-state index in [0.717, 1.165) is 34.4 Å². The number of nitro groups is 1. The van der Waals surface area contributed by atoms with Crippen molar-refractivity contribution in [2.45, 2.75) is 51.5 Å². The van der Waals surface area contributed by atoms with Crippen LogP contribution in [-0.4, -0.2) is 38.2 Å². The van der Waals surface area contributed by atoms with E-state index in [2.05, 4.69) is 4.72 Å². The van der Waals surface area contributed by atoms with Gasteiger partial charge in [0.15, 0.2) is 10.7 Å². The van der Waals surface area contributed by atoms with Gasteiger partial charge in [-0.05, 0) is 56.9 Å². The Kier molecular flexibility index (Phi) is 8.45. The SMILES string of the molecule is COC(=O)[C@@H](CC(=O)[C@H](C)NS(=O)(=O)c1ccccc1[N+](=O)[O-])Cc1c(C)cc(C)cc1C. The Balaban J connectivity index is 2.23. The van der Waals surface area contributed by atoms with Gasteiger partial charge in [-0.25, -0.2) is 13.1 Å². The second-order valence-electron chi connectivity index (χ2n) is 8.04. The number of nitrogens with zero attached hydrogens (tertiary/aromatic N) is 1. The second-order valence-corrected chi connectivity index (χ2v) is 9.72. The lowest BCUT2D eigenvalue weighted by Gasteiger charge is -2.20. The fraction of sp³-hybridized carbons (Fsp3) is 0.391. The van der Waals surface area contributed by atoms with E-state index in [1.165, 1.54) is 26.2 Å². The van der Waals surface area contributed by atoms with E-state index in [9.17, 15) is 28.1 Å². The zero-order chi connectivity index (χ0) is 24.9. The van der Waals surface area contributed by atoms with Crippen molar-refractivity contribution in [3.8, 4) is 0 Å². The summed E-state index contributed by atoms with van der Waals surface area (Å²) in [6.07, 6.45) is 0.0139. The highest BCUT2D eigenvalue weighted by molar-refractivity contribution is 7.89. The first-order chi connectivity index (χ1) is 15.4. The van der Waals surface area contributed by atoms with Crippen LogP contribution in [0.4, 0.5) is 5.69 Å². The van der Waals surface area contributed by atoms with Gasteiger partial charge in [0.25, 0.3) is 5.69 Å². The number of aryl methyl sites for hydroxylation is 3. The average molecular weight is 477 g/mol. The first-order valence-electron chi connectivity index (χ1n) is 10.3. The lowest BCUT2D eigenvalue weighted by atomic mass is 9.88. The molecule has 0 unspecified atom stereocenters. The molecule has 2 rings (SSSR count). The van der Waals surface area contributed by atoms with Crippen molar-refractivity contribution in [1.29, 1.82) is 0 Å². The third-order valence-electron chi connectivity index (χ3n) is 5.44. The number of Topliss-reactive ketones (excluding diaryl/α,β-unsaturated/α-hetero) is 1. The summed E-state index contributed by atoms with van der Waals surface area (Å²) in [4.78, 5) is 35.1. The number of nitro benzene ring substituents is 1. The monoisotopic (exact) mass is 476 g/mol. The zero-order valence-corrected chi connectivity index (χ0v) is 20.1. The molecule has 0 bridgehead atoms. The smallest absolute Gasteiger partial charge is 0.309 e. The van der Waals surface area contributed by atoms with Crippen LogP contribution in [0.1, 0.15) is 35.6 Å². The summed E-state index contributed by atoms with van der Waals surface area (Å²) in [5.74, 6) is -1.91. The highest BCUT2D eigenvalue weighted by Crippen LogP contribution is 2.25. The van der Waals surface area contributed by atoms with Crippen LogP contribution in [0.3, 0.4) is 0 Å². The van der Waals surface area contributed by atoms with Gasteiger partial charge in [-0.1, -0.05) is 29.8 Å². The lowest BCUT2D eigenvalue weighted by molar-refractivity contribution is -0.387. The number of rotatable bonds is 10. The Morgan fingerprint density at radius 2 is 1.70 bits per heavy atom. The van der Waals surface area contributed by atoms with Crippen LogP contribution in [0.15, 0.2) is 41.3 Å². The molecule has 2 aromatic carbocycles. The number of para-hydroxylation sites is 1. The molecular formula is C23H28N2O7S. The normalized spacial score (nSPS) is 13.2. The number of ketones is 1. The minimum absolute atomic E-state index is 0.250.